The van der Waals surface area contributed by atoms with Crippen LogP contribution in [0.25, 0.3) is 0 Å². The predicted octanol–water partition coefficient (Wildman–Crippen LogP) is 2.20. The second kappa shape index (κ2) is 10.0. The third-order valence-electron chi connectivity index (χ3n) is 7.16. The zero-order chi connectivity index (χ0) is 24.5. The first-order chi connectivity index (χ1) is 16.9. The zero-order valence-electron chi connectivity index (χ0n) is 19.3. The van der Waals surface area contributed by atoms with E-state index in [9.17, 15) is 19.2 Å². The van der Waals surface area contributed by atoms with Crippen LogP contribution in [0, 0.1) is 0 Å². The van der Waals surface area contributed by atoms with E-state index in [0.717, 1.165) is 53.9 Å². The lowest BCUT2D eigenvalue weighted by Gasteiger charge is -2.36. The SMILES string of the molecule is O=CC(=O)C1c2cc(CN3CCN(c4ccc(Br)cc4)CC3)ccc2CN1C1CCC(=O)NC1=O. The number of amides is 2. The van der Waals surface area contributed by atoms with Gasteiger partial charge >= 0.3 is 0 Å². The molecule has 0 aliphatic carbocycles. The largest absolute Gasteiger partial charge is 0.369 e. The Morgan fingerprint density at radius 3 is 2.49 bits per heavy atom. The summed E-state index contributed by atoms with van der Waals surface area (Å²) in [5, 5.41) is 2.36. The molecule has 9 heteroatoms. The number of rotatable bonds is 6. The Morgan fingerprint density at radius 1 is 1.06 bits per heavy atom. The summed E-state index contributed by atoms with van der Waals surface area (Å²) in [5.74, 6) is -1.26. The fourth-order valence-electron chi connectivity index (χ4n) is 5.35. The molecule has 0 aromatic heterocycles. The lowest BCUT2D eigenvalue weighted by molar-refractivity contribution is -0.141. The number of nitrogens with one attached hydrogen (secondary N) is 1. The molecule has 0 radical (unpaired) electrons. The highest BCUT2D eigenvalue weighted by Crippen LogP contribution is 2.38. The van der Waals surface area contributed by atoms with Crippen molar-refractivity contribution in [1.29, 1.82) is 0 Å². The Balaban J connectivity index is 1.29. The third-order valence-corrected chi connectivity index (χ3v) is 7.68. The van der Waals surface area contributed by atoms with Crippen molar-refractivity contribution in [2.24, 2.45) is 0 Å². The smallest absolute Gasteiger partial charge is 0.243 e. The minimum atomic E-state index is -0.791. The number of ketones is 1. The average molecular weight is 539 g/mol. The van der Waals surface area contributed by atoms with Crippen LogP contribution < -0.4 is 10.2 Å². The van der Waals surface area contributed by atoms with Gasteiger partial charge in [-0.25, -0.2) is 0 Å². The van der Waals surface area contributed by atoms with Crippen LogP contribution in [0.2, 0.25) is 0 Å². The Labute approximate surface area is 212 Å². The third kappa shape index (κ3) is 4.94. The van der Waals surface area contributed by atoms with Crippen LogP contribution >= 0.6 is 15.9 Å². The monoisotopic (exact) mass is 538 g/mol. The van der Waals surface area contributed by atoms with Crippen molar-refractivity contribution < 1.29 is 19.2 Å². The topological polar surface area (TPSA) is 90.0 Å². The molecule has 3 aliphatic heterocycles. The van der Waals surface area contributed by atoms with E-state index in [4.69, 9.17) is 0 Å². The van der Waals surface area contributed by atoms with Gasteiger partial charge < -0.3 is 4.90 Å². The van der Waals surface area contributed by atoms with Crippen molar-refractivity contribution in [1.82, 2.24) is 15.1 Å². The molecule has 182 valence electrons. The van der Waals surface area contributed by atoms with Crippen LogP contribution in [-0.4, -0.2) is 65.9 Å². The van der Waals surface area contributed by atoms with Crippen LogP contribution in [0.15, 0.2) is 46.9 Å². The number of halogens is 1. The first-order valence-electron chi connectivity index (χ1n) is 11.9. The Hall–Kier alpha value is -2.88. The number of hydrogen-bond acceptors (Lipinski definition) is 7. The van der Waals surface area contributed by atoms with Gasteiger partial charge in [0, 0.05) is 55.8 Å². The number of carbonyl (C=O) groups excluding carboxylic acids is 4. The van der Waals surface area contributed by atoms with Gasteiger partial charge in [-0.3, -0.25) is 34.3 Å². The number of fused-ring (bicyclic) bond motifs is 1. The molecular formula is C26H27BrN4O4. The van der Waals surface area contributed by atoms with Gasteiger partial charge in [-0.1, -0.05) is 34.1 Å². The molecule has 35 heavy (non-hydrogen) atoms. The highest BCUT2D eigenvalue weighted by atomic mass is 79.9. The standard InChI is InChI=1S/C26H27BrN4O4/c27-19-3-5-20(6-4-19)30-11-9-29(10-12-30)14-17-1-2-18-15-31(22-7-8-24(34)28-26(22)35)25(21(18)13-17)23(33)16-32/h1-6,13,16,22,25H,7-12,14-15H2,(H,28,34,35). The Morgan fingerprint density at radius 2 is 1.80 bits per heavy atom. The normalized spacial score (nSPS) is 23.2. The number of hydrogen-bond donors (Lipinski definition) is 1. The highest BCUT2D eigenvalue weighted by Gasteiger charge is 2.43. The lowest BCUT2D eigenvalue weighted by Crippen LogP contribution is -2.52. The van der Waals surface area contributed by atoms with Crippen molar-refractivity contribution in [3.8, 4) is 0 Å². The first kappa shape index (κ1) is 23.8. The summed E-state index contributed by atoms with van der Waals surface area (Å²) in [6.45, 7) is 4.86. The highest BCUT2D eigenvalue weighted by molar-refractivity contribution is 9.10. The van der Waals surface area contributed by atoms with Crippen molar-refractivity contribution in [2.75, 3.05) is 31.1 Å². The van der Waals surface area contributed by atoms with E-state index in [1.807, 2.05) is 12.1 Å². The van der Waals surface area contributed by atoms with Gasteiger partial charge in [-0.2, -0.15) is 0 Å². The van der Waals surface area contributed by atoms with E-state index in [1.54, 1.807) is 4.90 Å². The maximum absolute atomic E-state index is 12.7. The predicted molar refractivity (Wildman–Crippen MR) is 134 cm³/mol. The van der Waals surface area contributed by atoms with E-state index < -0.39 is 23.8 Å². The van der Waals surface area contributed by atoms with E-state index in [2.05, 4.69) is 61.4 Å². The number of imide groups is 1. The molecule has 2 aromatic rings. The number of piperidine rings is 1. The Kier molecular flexibility index (Phi) is 6.82. The molecule has 8 nitrogen and oxygen atoms in total. The number of nitrogens with zero attached hydrogens (tertiary/aromatic N) is 3. The Bertz CT molecular complexity index is 1160. The molecule has 2 atom stereocenters. The fourth-order valence-corrected chi connectivity index (χ4v) is 5.62. The summed E-state index contributed by atoms with van der Waals surface area (Å²) in [4.78, 5) is 54.8. The molecule has 3 aliphatic rings. The second-order valence-electron chi connectivity index (χ2n) is 9.33. The number of benzene rings is 2. The number of carbonyl (C=O) groups is 4. The first-order valence-corrected chi connectivity index (χ1v) is 12.7. The molecule has 5 rings (SSSR count). The molecule has 0 saturated carbocycles. The summed E-state index contributed by atoms with van der Waals surface area (Å²) in [5.41, 5.74) is 4.03. The van der Waals surface area contributed by atoms with Gasteiger partial charge in [0.05, 0.1) is 6.04 Å². The van der Waals surface area contributed by atoms with E-state index in [-0.39, 0.29) is 12.3 Å². The van der Waals surface area contributed by atoms with Gasteiger partial charge in [0.25, 0.3) is 0 Å². The van der Waals surface area contributed by atoms with Gasteiger partial charge in [0.15, 0.2) is 6.29 Å². The van der Waals surface area contributed by atoms with Crippen LogP contribution in [0.4, 0.5) is 5.69 Å². The zero-order valence-corrected chi connectivity index (χ0v) is 20.9. The maximum atomic E-state index is 12.7. The molecule has 2 fully saturated rings. The van der Waals surface area contributed by atoms with Crippen LogP contribution in [0.3, 0.4) is 0 Å². The maximum Gasteiger partial charge on any atom is 0.243 e. The van der Waals surface area contributed by atoms with E-state index in [1.165, 1.54) is 5.69 Å². The molecule has 3 heterocycles. The van der Waals surface area contributed by atoms with Crippen LogP contribution in [-0.2, 0) is 32.3 Å². The van der Waals surface area contributed by atoms with Gasteiger partial charge in [-0.15, -0.1) is 0 Å². The number of aldehydes is 1. The van der Waals surface area contributed by atoms with Gasteiger partial charge in [-0.05, 0) is 47.4 Å². The van der Waals surface area contributed by atoms with Gasteiger partial charge in [0.1, 0.15) is 6.04 Å². The average Bonchev–Trinajstić information content (AvgIpc) is 3.23. The quantitative estimate of drug-likeness (QED) is 0.342. The lowest BCUT2D eigenvalue weighted by atomic mass is 9.97. The van der Waals surface area contributed by atoms with E-state index >= 15 is 0 Å². The van der Waals surface area contributed by atoms with E-state index in [0.29, 0.717) is 19.3 Å². The summed E-state index contributed by atoms with van der Waals surface area (Å²) in [7, 11) is 0. The molecule has 1 N–H and O–H groups in total. The number of anilines is 1. The summed E-state index contributed by atoms with van der Waals surface area (Å²) >= 11 is 3.48. The molecule has 0 bridgehead atoms. The molecule has 2 amide bonds. The molecule has 2 aromatic carbocycles. The summed E-state index contributed by atoms with van der Waals surface area (Å²) in [6.07, 6.45) is 0.909. The number of Topliss-reactive ketones (excluding diaryl/α,β-unsaturated/α-hetero) is 1. The fraction of sp³-hybridized carbons (Fsp3) is 0.385. The summed E-state index contributed by atoms with van der Waals surface area (Å²) < 4.78 is 1.07. The van der Waals surface area contributed by atoms with Crippen molar-refractivity contribution in [2.45, 2.75) is 38.0 Å². The minimum absolute atomic E-state index is 0.225. The second-order valence-corrected chi connectivity index (χ2v) is 10.3. The minimum Gasteiger partial charge on any atom is -0.369 e. The molecular weight excluding hydrogens is 512 g/mol. The van der Waals surface area contributed by atoms with Gasteiger partial charge in [0.2, 0.25) is 17.6 Å². The van der Waals surface area contributed by atoms with Crippen LogP contribution in [0.1, 0.15) is 35.6 Å². The number of piperazine rings is 1. The van der Waals surface area contributed by atoms with Crippen molar-refractivity contribution in [3.05, 3.63) is 63.6 Å². The molecule has 0 spiro atoms. The van der Waals surface area contributed by atoms with Crippen LogP contribution in [0.5, 0.6) is 0 Å². The van der Waals surface area contributed by atoms with Crippen molar-refractivity contribution >= 4 is 45.5 Å². The summed E-state index contributed by atoms with van der Waals surface area (Å²) in [6, 6.07) is 13.0. The molecule has 2 unspecified atom stereocenters. The van der Waals surface area contributed by atoms with Crippen molar-refractivity contribution in [3.63, 3.8) is 0 Å². The molecule has 2 saturated heterocycles.